The molecule has 0 atom stereocenters. The zero-order valence-electron chi connectivity index (χ0n) is 11.5. The zero-order valence-corrected chi connectivity index (χ0v) is 13.1. The Morgan fingerprint density at radius 3 is 2.71 bits per heavy atom. The number of nitro groups is 1. The predicted octanol–water partition coefficient (Wildman–Crippen LogP) is 4.12. The van der Waals surface area contributed by atoms with Gasteiger partial charge in [-0.15, -0.1) is 0 Å². The van der Waals surface area contributed by atoms with Crippen LogP contribution in [0.25, 0.3) is 0 Å². The first-order valence-corrected chi connectivity index (χ1v) is 7.14. The molecule has 0 bridgehead atoms. The number of nitro benzene ring substituents is 1. The maximum absolute atomic E-state index is 10.9. The highest BCUT2D eigenvalue weighted by Crippen LogP contribution is 2.28. The average Bonchev–Trinajstić information content (AvgIpc) is 2.47. The Morgan fingerprint density at radius 1 is 1.24 bits per heavy atom. The van der Waals surface area contributed by atoms with Crippen molar-refractivity contribution in [3.05, 3.63) is 68.2 Å². The maximum atomic E-state index is 10.9. The summed E-state index contributed by atoms with van der Waals surface area (Å²) in [6.45, 7) is 1.16. The molecule has 1 N–H and O–H groups in total. The van der Waals surface area contributed by atoms with Gasteiger partial charge in [-0.1, -0.05) is 24.3 Å². The van der Waals surface area contributed by atoms with E-state index >= 15 is 0 Å². The van der Waals surface area contributed by atoms with Crippen LogP contribution in [0, 0.1) is 10.1 Å². The SMILES string of the molecule is COCc1cccc(CNc2ccc(Br)c([N+](=O)[O-])c2)c1. The number of methoxy groups -OCH3 is 1. The molecule has 5 nitrogen and oxygen atoms in total. The van der Waals surface area contributed by atoms with Crippen LogP contribution in [0.5, 0.6) is 0 Å². The van der Waals surface area contributed by atoms with Crippen molar-refractivity contribution >= 4 is 27.3 Å². The summed E-state index contributed by atoms with van der Waals surface area (Å²) in [6, 6.07) is 13.0. The Hall–Kier alpha value is -1.92. The van der Waals surface area contributed by atoms with E-state index in [0.717, 1.165) is 11.1 Å². The van der Waals surface area contributed by atoms with Gasteiger partial charge in [0.1, 0.15) is 0 Å². The fourth-order valence-electron chi connectivity index (χ4n) is 1.96. The van der Waals surface area contributed by atoms with E-state index in [2.05, 4.69) is 21.2 Å². The van der Waals surface area contributed by atoms with Crippen LogP contribution in [0.15, 0.2) is 46.9 Å². The van der Waals surface area contributed by atoms with Crippen molar-refractivity contribution in [1.82, 2.24) is 0 Å². The molecule has 0 unspecified atom stereocenters. The maximum Gasteiger partial charge on any atom is 0.285 e. The van der Waals surface area contributed by atoms with E-state index in [1.165, 1.54) is 6.07 Å². The van der Waals surface area contributed by atoms with E-state index in [9.17, 15) is 10.1 Å². The summed E-state index contributed by atoms with van der Waals surface area (Å²) in [7, 11) is 1.66. The lowest BCUT2D eigenvalue weighted by atomic mass is 10.1. The molecule has 110 valence electrons. The third-order valence-corrected chi connectivity index (χ3v) is 3.61. The van der Waals surface area contributed by atoms with Gasteiger partial charge in [0, 0.05) is 25.4 Å². The van der Waals surface area contributed by atoms with Crippen LogP contribution in [-0.2, 0) is 17.9 Å². The first-order valence-electron chi connectivity index (χ1n) is 6.34. The van der Waals surface area contributed by atoms with Crippen molar-refractivity contribution in [2.75, 3.05) is 12.4 Å². The molecule has 2 rings (SSSR count). The highest BCUT2D eigenvalue weighted by molar-refractivity contribution is 9.10. The molecule has 0 spiro atoms. The van der Waals surface area contributed by atoms with E-state index in [-0.39, 0.29) is 5.69 Å². The van der Waals surface area contributed by atoms with Crippen LogP contribution in [0.3, 0.4) is 0 Å². The van der Waals surface area contributed by atoms with Crippen molar-refractivity contribution in [3.8, 4) is 0 Å². The smallest absolute Gasteiger partial charge is 0.285 e. The van der Waals surface area contributed by atoms with Crippen LogP contribution >= 0.6 is 15.9 Å². The number of benzene rings is 2. The molecule has 0 amide bonds. The van der Waals surface area contributed by atoms with Gasteiger partial charge >= 0.3 is 0 Å². The number of ether oxygens (including phenoxy) is 1. The highest BCUT2D eigenvalue weighted by atomic mass is 79.9. The number of nitrogens with one attached hydrogen (secondary N) is 1. The second-order valence-corrected chi connectivity index (χ2v) is 5.38. The Kier molecular flexibility index (Phi) is 5.30. The normalized spacial score (nSPS) is 10.4. The van der Waals surface area contributed by atoms with E-state index in [4.69, 9.17) is 4.74 Å². The molecule has 0 aliphatic rings. The van der Waals surface area contributed by atoms with Gasteiger partial charge in [0.2, 0.25) is 0 Å². The molecule has 2 aromatic carbocycles. The molecule has 6 heteroatoms. The number of rotatable bonds is 6. The van der Waals surface area contributed by atoms with Crippen molar-refractivity contribution in [2.24, 2.45) is 0 Å². The summed E-state index contributed by atoms with van der Waals surface area (Å²) in [6.07, 6.45) is 0. The minimum Gasteiger partial charge on any atom is -0.381 e. The Bertz CT molecular complexity index is 647. The summed E-state index contributed by atoms with van der Waals surface area (Å²) in [5.74, 6) is 0. The van der Waals surface area contributed by atoms with Gasteiger partial charge in [-0.3, -0.25) is 10.1 Å². The van der Waals surface area contributed by atoms with Crippen molar-refractivity contribution in [3.63, 3.8) is 0 Å². The van der Waals surface area contributed by atoms with Crippen molar-refractivity contribution in [2.45, 2.75) is 13.2 Å². The van der Waals surface area contributed by atoms with Gasteiger partial charge in [-0.05, 0) is 39.2 Å². The average molecular weight is 351 g/mol. The lowest BCUT2D eigenvalue weighted by Crippen LogP contribution is -2.01. The van der Waals surface area contributed by atoms with Crippen LogP contribution < -0.4 is 5.32 Å². The summed E-state index contributed by atoms with van der Waals surface area (Å²) >= 11 is 3.17. The number of nitrogens with zero attached hydrogens (tertiary/aromatic N) is 1. The molecule has 0 fully saturated rings. The minimum absolute atomic E-state index is 0.0492. The lowest BCUT2D eigenvalue weighted by Gasteiger charge is -2.08. The molecule has 0 heterocycles. The zero-order chi connectivity index (χ0) is 15.2. The predicted molar refractivity (Wildman–Crippen MR) is 85.3 cm³/mol. The van der Waals surface area contributed by atoms with Gasteiger partial charge in [0.05, 0.1) is 16.0 Å². The third-order valence-electron chi connectivity index (χ3n) is 2.94. The monoisotopic (exact) mass is 350 g/mol. The first-order chi connectivity index (χ1) is 10.1. The molecule has 0 aromatic heterocycles. The largest absolute Gasteiger partial charge is 0.381 e. The molecular weight excluding hydrogens is 336 g/mol. The molecule has 0 saturated carbocycles. The molecule has 0 aliphatic carbocycles. The first kappa shape index (κ1) is 15.5. The van der Waals surface area contributed by atoms with Gasteiger partial charge in [-0.2, -0.15) is 0 Å². The molecular formula is C15H15BrN2O3. The van der Waals surface area contributed by atoms with E-state index < -0.39 is 4.92 Å². The number of halogens is 1. The highest BCUT2D eigenvalue weighted by Gasteiger charge is 2.12. The van der Waals surface area contributed by atoms with Crippen molar-refractivity contribution in [1.29, 1.82) is 0 Å². The fourth-order valence-corrected chi connectivity index (χ4v) is 2.35. The number of hydrogen-bond donors (Lipinski definition) is 1. The lowest BCUT2D eigenvalue weighted by molar-refractivity contribution is -0.385. The molecule has 0 radical (unpaired) electrons. The summed E-state index contributed by atoms with van der Waals surface area (Å²) in [5, 5.41) is 14.1. The Morgan fingerprint density at radius 2 is 2.00 bits per heavy atom. The van der Waals surface area contributed by atoms with Crippen molar-refractivity contribution < 1.29 is 9.66 Å². The Labute approximate surface area is 131 Å². The van der Waals surface area contributed by atoms with Crippen LogP contribution in [-0.4, -0.2) is 12.0 Å². The topological polar surface area (TPSA) is 64.4 Å². The minimum atomic E-state index is -0.408. The molecule has 21 heavy (non-hydrogen) atoms. The second kappa shape index (κ2) is 7.19. The van der Waals surface area contributed by atoms with Crippen LogP contribution in [0.2, 0.25) is 0 Å². The number of hydrogen-bond acceptors (Lipinski definition) is 4. The summed E-state index contributed by atoms with van der Waals surface area (Å²) < 4.78 is 5.57. The van der Waals surface area contributed by atoms with E-state index in [1.54, 1.807) is 19.2 Å². The van der Waals surface area contributed by atoms with Gasteiger partial charge in [-0.25, -0.2) is 0 Å². The van der Waals surface area contributed by atoms with Gasteiger partial charge < -0.3 is 10.1 Å². The standard InChI is InChI=1S/C15H15BrN2O3/c1-21-10-12-4-2-3-11(7-12)9-17-13-5-6-14(16)15(8-13)18(19)20/h2-8,17H,9-10H2,1H3. The van der Waals surface area contributed by atoms with Crippen LogP contribution in [0.1, 0.15) is 11.1 Å². The van der Waals surface area contributed by atoms with E-state index in [1.807, 2.05) is 24.3 Å². The van der Waals surface area contributed by atoms with Crippen LogP contribution in [0.4, 0.5) is 11.4 Å². The summed E-state index contributed by atoms with van der Waals surface area (Å²) in [5.41, 5.74) is 2.95. The summed E-state index contributed by atoms with van der Waals surface area (Å²) in [4.78, 5) is 10.5. The second-order valence-electron chi connectivity index (χ2n) is 4.53. The fraction of sp³-hybridized carbons (Fsp3) is 0.200. The molecule has 0 saturated heterocycles. The quantitative estimate of drug-likeness (QED) is 0.628. The third kappa shape index (κ3) is 4.27. The van der Waals surface area contributed by atoms with Gasteiger partial charge in [0.15, 0.2) is 0 Å². The molecule has 0 aliphatic heterocycles. The van der Waals surface area contributed by atoms with E-state index in [0.29, 0.717) is 23.3 Å². The Balaban J connectivity index is 2.07. The number of anilines is 1. The molecule has 2 aromatic rings. The van der Waals surface area contributed by atoms with Gasteiger partial charge in [0.25, 0.3) is 5.69 Å².